The molecule has 3 heteroatoms. The molecule has 0 spiro atoms. The fourth-order valence-electron chi connectivity index (χ4n) is 2.96. The van der Waals surface area contributed by atoms with Gasteiger partial charge in [0.15, 0.2) is 0 Å². The number of allylic oxidation sites excluding steroid dienone is 5. The molecule has 0 radical (unpaired) electrons. The molecule has 1 aromatic carbocycles. The van der Waals surface area contributed by atoms with Gasteiger partial charge >= 0.3 is 0 Å². The lowest BCUT2D eigenvalue weighted by Gasteiger charge is -2.21. The molecule has 0 fully saturated rings. The Morgan fingerprint density at radius 2 is 1.77 bits per heavy atom. The molecule has 0 saturated carbocycles. The fourth-order valence-corrected chi connectivity index (χ4v) is 2.96. The first-order valence-corrected chi connectivity index (χ1v) is 10.3. The van der Waals surface area contributed by atoms with Gasteiger partial charge in [0.25, 0.3) is 0 Å². The Balaban J connectivity index is 2.50. The molecule has 0 aromatic heterocycles. The Kier molecular flexibility index (Phi) is 10.8. The van der Waals surface area contributed by atoms with Gasteiger partial charge in [-0.05, 0) is 43.5 Å². The molecule has 0 saturated heterocycles. The van der Waals surface area contributed by atoms with Crippen molar-refractivity contribution < 1.29 is 0 Å². The highest BCUT2D eigenvalue weighted by Crippen LogP contribution is 2.20. The van der Waals surface area contributed by atoms with E-state index in [4.69, 9.17) is 0 Å². The van der Waals surface area contributed by atoms with Crippen LogP contribution in [0.2, 0.25) is 0 Å². The number of hydrogen-bond acceptors (Lipinski definition) is 3. The van der Waals surface area contributed by atoms with Gasteiger partial charge in [-0.1, -0.05) is 94.3 Å². The first-order chi connectivity index (χ1) is 14.3. The normalized spacial score (nSPS) is 12.2. The van der Waals surface area contributed by atoms with E-state index in [1.807, 2.05) is 26.1 Å². The summed E-state index contributed by atoms with van der Waals surface area (Å²) in [5.41, 5.74) is 4.87. The quantitative estimate of drug-likeness (QED) is 0.351. The first-order valence-electron chi connectivity index (χ1n) is 10.3. The van der Waals surface area contributed by atoms with E-state index in [0.717, 1.165) is 36.2 Å². The van der Waals surface area contributed by atoms with Crippen molar-refractivity contribution in [3.8, 4) is 0 Å². The van der Waals surface area contributed by atoms with E-state index >= 15 is 0 Å². The van der Waals surface area contributed by atoms with Crippen LogP contribution in [0.5, 0.6) is 0 Å². The lowest BCUT2D eigenvalue weighted by atomic mass is 9.91. The molecular weight excluding hydrogens is 366 g/mol. The molecule has 1 atom stereocenters. The van der Waals surface area contributed by atoms with E-state index < -0.39 is 0 Å². The van der Waals surface area contributed by atoms with Crippen LogP contribution in [0.15, 0.2) is 116 Å². The standard InChI is InChI=1S/C27H37N3/c1-9-26(20-27-17-12-11-13-18-27)19-21(3)15-14-16-22(4)28-25(7)29-23(5)24(6)30(8)10-2/h10-18,26,28-29H,2-3,5-7,9,19-20H2,1,4,8H3/b15-14-,22-16+. The minimum atomic E-state index is 0.601. The molecule has 2 N–H and O–H groups in total. The Bertz CT molecular complexity index is 812. The lowest BCUT2D eigenvalue weighted by molar-refractivity contribution is 0.506. The summed E-state index contributed by atoms with van der Waals surface area (Å²) in [4.78, 5) is 1.79. The Morgan fingerprint density at radius 1 is 1.10 bits per heavy atom. The van der Waals surface area contributed by atoms with Crippen LogP contribution in [0, 0.1) is 5.92 Å². The fraction of sp³-hybridized carbons (Fsp3) is 0.259. The number of nitrogens with zero attached hydrogens (tertiary/aromatic N) is 1. The first kappa shape index (κ1) is 24.8. The molecule has 1 rings (SSSR count). The number of likely N-dealkylation sites (N-methyl/N-ethyl adjacent to an activating group) is 1. The Hall–Kier alpha value is -3.20. The average Bonchev–Trinajstić information content (AvgIpc) is 2.72. The van der Waals surface area contributed by atoms with Crippen molar-refractivity contribution in [1.82, 2.24) is 15.5 Å². The van der Waals surface area contributed by atoms with Crippen LogP contribution in [0.1, 0.15) is 32.3 Å². The molecule has 1 aromatic rings. The highest BCUT2D eigenvalue weighted by Gasteiger charge is 2.08. The van der Waals surface area contributed by atoms with Crippen molar-refractivity contribution in [3.05, 3.63) is 122 Å². The lowest BCUT2D eigenvalue weighted by Crippen LogP contribution is -2.26. The van der Waals surface area contributed by atoms with Crippen LogP contribution in [0.25, 0.3) is 0 Å². The average molecular weight is 404 g/mol. The largest absolute Gasteiger partial charge is 0.350 e. The molecule has 0 aliphatic heterocycles. The molecule has 1 unspecified atom stereocenters. The van der Waals surface area contributed by atoms with Crippen molar-refractivity contribution >= 4 is 0 Å². The van der Waals surface area contributed by atoms with Crippen molar-refractivity contribution in [1.29, 1.82) is 0 Å². The van der Waals surface area contributed by atoms with Gasteiger partial charge in [-0.15, -0.1) is 0 Å². The summed E-state index contributed by atoms with van der Waals surface area (Å²) in [5.74, 6) is 1.23. The second-order valence-corrected chi connectivity index (χ2v) is 7.48. The zero-order chi connectivity index (χ0) is 22.5. The van der Waals surface area contributed by atoms with Crippen LogP contribution in [0.3, 0.4) is 0 Å². The summed E-state index contributed by atoms with van der Waals surface area (Å²) in [6, 6.07) is 10.6. The highest BCUT2D eigenvalue weighted by atomic mass is 15.2. The maximum atomic E-state index is 4.22. The van der Waals surface area contributed by atoms with Crippen molar-refractivity contribution in [2.24, 2.45) is 5.92 Å². The third-order valence-electron chi connectivity index (χ3n) is 4.87. The summed E-state index contributed by atoms with van der Waals surface area (Å²) >= 11 is 0. The molecule has 0 amide bonds. The Morgan fingerprint density at radius 3 is 2.37 bits per heavy atom. The zero-order valence-electron chi connectivity index (χ0n) is 18.9. The van der Waals surface area contributed by atoms with Gasteiger partial charge in [-0.25, -0.2) is 0 Å². The molecular formula is C27H37N3. The predicted molar refractivity (Wildman–Crippen MR) is 132 cm³/mol. The number of nitrogens with one attached hydrogen (secondary N) is 2. The van der Waals surface area contributed by atoms with E-state index in [1.54, 1.807) is 11.1 Å². The van der Waals surface area contributed by atoms with Gasteiger partial charge in [-0.2, -0.15) is 0 Å². The van der Waals surface area contributed by atoms with Crippen LogP contribution >= 0.6 is 0 Å². The van der Waals surface area contributed by atoms with Gasteiger partial charge in [0.1, 0.15) is 0 Å². The zero-order valence-corrected chi connectivity index (χ0v) is 18.9. The highest BCUT2D eigenvalue weighted by molar-refractivity contribution is 5.28. The second kappa shape index (κ2) is 13.1. The number of hydrogen-bond donors (Lipinski definition) is 2. The number of benzene rings is 1. The monoisotopic (exact) mass is 403 g/mol. The summed E-state index contributed by atoms with van der Waals surface area (Å²) < 4.78 is 0. The maximum Gasteiger partial charge on any atom is 0.0999 e. The molecule has 0 heterocycles. The second-order valence-electron chi connectivity index (χ2n) is 7.48. The smallest absolute Gasteiger partial charge is 0.0999 e. The topological polar surface area (TPSA) is 27.3 Å². The van der Waals surface area contributed by atoms with Crippen molar-refractivity contribution in [2.75, 3.05) is 7.05 Å². The minimum absolute atomic E-state index is 0.601. The van der Waals surface area contributed by atoms with Gasteiger partial charge in [0.2, 0.25) is 0 Å². The summed E-state index contributed by atoms with van der Waals surface area (Å²) in [7, 11) is 1.87. The molecule has 0 aliphatic carbocycles. The summed E-state index contributed by atoms with van der Waals surface area (Å²) in [6.45, 7) is 24.1. The summed E-state index contributed by atoms with van der Waals surface area (Å²) in [5, 5.41) is 6.32. The third kappa shape index (κ3) is 9.33. The Labute approximate surface area is 183 Å². The van der Waals surface area contributed by atoms with E-state index in [9.17, 15) is 0 Å². The van der Waals surface area contributed by atoms with E-state index in [2.05, 4.69) is 86.9 Å². The molecule has 30 heavy (non-hydrogen) atoms. The molecule has 3 nitrogen and oxygen atoms in total. The van der Waals surface area contributed by atoms with Gasteiger partial charge < -0.3 is 15.5 Å². The SMILES string of the molecule is C=CN(C)C(=C)C(=C)NC(=C)N/C(C)=C/C=C\C(=C)CC(CC)Cc1ccccc1. The van der Waals surface area contributed by atoms with Crippen LogP contribution in [-0.2, 0) is 6.42 Å². The van der Waals surface area contributed by atoms with Crippen LogP contribution < -0.4 is 10.6 Å². The van der Waals surface area contributed by atoms with Gasteiger partial charge in [-0.3, -0.25) is 0 Å². The molecule has 0 aliphatic rings. The molecule has 160 valence electrons. The van der Waals surface area contributed by atoms with E-state index in [1.165, 1.54) is 5.56 Å². The van der Waals surface area contributed by atoms with Crippen LogP contribution in [0.4, 0.5) is 0 Å². The van der Waals surface area contributed by atoms with Crippen molar-refractivity contribution in [2.45, 2.75) is 33.1 Å². The van der Waals surface area contributed by atoms with Gasteiger partial charge in [0.05, 0.1) is 17.2 Å². The minimum Gasteiger partial charge on any atom is -0.350 e. The van der Waals surface area contributed by atoms with Crippen LogP contribution in [-0.4, -0.2) is 11.9 Å². The van der Waals surface area contributed by atoms with E-state index in [0.29, 0.717) is 17.4 Å². The third-order valence-corrected chi connectivity index (χ3v) is 4.87. The maximum absolute atomic E-state index is 4.22. The van der Waals surface area contributed by atoms with E-state index in [-0.39, 0.29) is 0 Å². The molecule has 0 bridgehead atoms. The number of rotatable bonds is 14. The predicted octanol–water partition coefficient (Wildman–Crippen LogP) is 6.41. The van der Waals surface area contributed by atoms with Gasteiger partial charge in [0, 0.05) is 12.7 Å². The summed E-state index contributed by atoms with van der Waals surface area (Å²) in [6.07, 6.45) is 11.0. The van der Waals surface area contributed by atoms with Crippen molar-refractivity contribution in [3.63, 3.8) is 0 Å².